The van der Waals surface area contributed by atoms with Gasteiger partial charge in [-0.2, -0.15) is 0 Å². The van der Waals surface area contributed by atoms with Crippen LogP contribution in [-0.2, 0) is 19.7 Å². The quantitative estimate of drug-likeness (QED) is 0.877. The van der Waals surface area contributed by atoms with E-state index in [1.165, 1.54) is 5.56 Å². The Balaban J connectivity index is 2.01. The molecule has 0 atom stereocenters. The molecule has 3 heteroatoms. The van der Waals surface area contributed by atoms with E-state index in [2.05, 4.69) is 41.1 Å². The molecule has 0 aliphatic carbocycles. The van der Waals surface area contributed by atoms with Crippen LogP contribution in [0.25, 0.3) is 0 Å². The molecule has 0 spiro atoms. The second-order valence-corrected chi connectivity index (χ2v) is 5.05. The van der Waals surface area contributed by atoms with Gasteiger partial charge < -0.3 is 5.11 Å². The zero-order chi connectivity index (χ0) is 14.4. The lowest BCUT2D eigenvalue weighted by molar-refractivity contribution is 0.267. The first kappa shape index (κ1) is 14.7. The molecule has 0 radical (unpaired) electrons. The molecule has 1 aromatic carbocycles. The normalized spacial score (nSPS) is 11.0. The van der Waals surface area contributed by atoms with Gasteiger partial charge in [0.25, 0.3) is 0 Å². The SMILES string of the molecule is CCN(Cc1ccc(CO)cc1)Cc1cccc(C)n1. The molecule has 0 bridgehead atoms. The summed E-state index contributed by atoms with van der Waals surface area (Å²) in [7, 11) is 0. The van der Waals surface area contributed by atoms with Crippen LogP contribution in [0.3, 0.4) is 0 Å². The highest BCUT2D eigenvalue weighted by Crippen LogP contribution is 2.10. The van der Waals surface area contributed by atoms with Crippen LogP contribution in [0.2, 0.25) is 0 Å². The van der Waals surface area contributed by atoms with Gasteiger partial charge in [-0.1, -0.05) is 37.3 Å². The van der Waals surface area contributed by atoms with Crippen LogP contribution >= 0.6 is 0 Å². The summed E-state index contributed by atoms with van der Waals surface area (Å²) in [4.78, 5) is 6.91. The Hall–Kier alpha value is -1.71. The monoisotopic (exact) mass is 270 g/mol. The molecule has 0 amide bonds. The number of hydrogen-bond donors (Lipinski definition) is 1. The molecule has 2 rings (SSSR count). The number of aromatic nitrogens is 1. The molecular weight excluding hydrogens is 248 g/mol. The van der Waals surface area contributed by atoms with Gasteiger partial charge >= 0.3 is 0 Å². The summed E-state index contributed by atoms with van der Waals surface area (Å²) in [5.41, 5.74) is 4.39. The Labute approximate surface area is 120 Å². The van der Waals surface area contributed by atoms with Crippen molar-refractivity contribution in [3.63, 3.8) is 0 Å². The predicted octanol–water partition coefficient (Wildman–Crippen LogP) is 2.90. The molecule has 1 N–H and O–H groups in total. The minimum Gasteiger partial charge on any atom is -0.392 e. The highest BCUT2D eigenvalue weighted by molar-refractivity contribution is 5.22. The number of aliphatic hydroxyl groups is 1. The summed E-state index contributed by atoms with van der Waals surface area (Å²) in [6.07, 6.45) is 0. The van der Waals surface area contributed by atoms with Crippen molar-refractivity contribution in [3.05, 3.63) is 65.0 Å². The van der Waals surface area contributed by atoms with Gasteiger partial charge in [0.1, 0.15) is 0 Å². The fourth-order valence-corrected chi connectivity index (χ4v) is 2.20. The van der Waals surface area contributed by atoms with Gasteiger partial charge in [-0.15, -0.1) is 0 Å². The first-order chi connectivity index (χ1) is 9.71. The summed E-state index contributed by atoms with van der Waals surface area (Å²) in [6, 6.07) is 14.3. The summed E-state index contributed by atoms with van der Waals surface area (Å²) in [5.74, 6) is 0. The first-order valence-corrected chi connectivity index (χ1v) is 7.05. The average molecular weight is 270 g/mol. The molecule has 0 saturated heterocycles. The minimum atomic E-state index is 0.102. The highest BCUT2D eigenvalue weighted by atomic mass is 16.3. The van der Waals surface area contributed by atoms with Crippen molar-refractivity contribution in [1.29, 1.82) is 0 Å². The Kier molecular flexibility index (Phi) is 5.27. The lowest BCUT2D eigenvalue weighted by Gasteiger charge is -2.20. The van der Waals surface area contributed by atoms with E-state index in [1.807, 2.05) is 25.1 Å². The van der Waals surface area contributed by atoms with E-state index in [1.54, 1.807) is 0 Å². The zero-order valence-electron chi connectivity index (χ0n) is 12.2. The van der Waals surface area contributed by atoms with E-state index in [9.17, 15) is 0 Å². The lowest BCUT2D eigenvalue weighted by atomic mass is 10.1. The van der Waals surface area contributed by atoms with Crippen LogP contribution < -0.4 is 0 Å². The van der Waals surface area contributed by atoms with E-state index in [-0.39, 0.29) is 6.61 Å². The van der Waals surface area contributed by atoms with E-state index >= 15 is 0 Å². The summed E-state index contributed by atoms with van der Waals surface area (Å²) in [5, 5.41) is 9.06. The van der Waals surface area contributed by atoms with Gasteiger partial charge in [-0.3, -0.25) is 9.88 Å². The molecule has 20 heavy (non-hydrogen) atoms. The third kappa shape index (κ3) is 4.15. The number of benzene rings is 1. The Bertz CT molecular complexity index is 537. The van der Waals surface area contributed by atoms with Crippen LogP contribution in [0.5, 0.6) is 0 Å². The van der Waals surface area contributed by atoms with E-state index in [4.69, 9.17) is 5.11 Å². The predicted molar refractivity (Wildman–Crippen MR) is 81.1 cm³/mol. The van der Waals surface area contributed by atoms with Crippen LogP contribution in [0, 0.1) is 6.92 Å². The lowest BCUT2D eigenvalue weighted by Crippen LogP contribution is -2.23. The van der Waals surface area contributed by atoms with Crippen molar-refractivity contribution < 1.29 is 5.11 Å². The molecule has 1 aromatic heterocycles. The molecule has 0 fully saturated rings. The molecular formula is C17H22N2O. The first-order valence-electron chi connectivity index (χ1n) is 7.05. The van der Waals surface area contributed by atoms with Gasteiger partial charge in [0.15, 0.2) is 0 Å². The zero-order valence-corrected chi connectivity index (χ0v) is 12.2. The van der Waals surface area contributed by atoms with Crippen molar-refractivity contribution in [1.82, 2.24) is 9.88 Å². The Morgan fingerprint density at radius 1 is 1.00 bits per heavy atom. The van der Waals surface area contributed by atoms with E-state index in [0.29, 0.717) is 0 Å². The third-order valence-corrected chi connectivity index (χ3v) is 3.39. The molecule has 0 aliphatic rings. The molecule has 0 aliphatic heterocycles. The number of aliphatic hydroxyl groups excluding tert-OH is 1. The molecule has 3 nitrogen and oxygen atoms in total. The molecule has 1 heterocycles. The molecule has 2 aromatic rings. The maximum Gasteiger partial charge on any atom is 0.0681 e. The fraction of sp³-hybridized carbons (Fsp3) is 0.353. The summed E-state index contributed by atoms with van der Waals surface area (Å²) in [6.45, 7) is 7.03. The second-order valence-electron chi connectivity index (χ2n) is 5.05. The molecule has 0 unspecified atom stereocenters. The maximum absolute atomic E-state index is 9.06. The third-order valence-electron chi connectivity index (χ3n) is 3.39. The number of rotatable bonds is 6. The van der Waals surface area contributed by atoms with Crippen LogP contribution in [-0.4, -0.2) is 21.5 Å². The van der Waals surface area contributed by atoms with Gasteiger partial charge in [-0.05, 0) is 36.7 Å². The number of nitrogens with zero attached hydrogens (tertiary/aromatic N) is 2. The van der Waals surface area contributed by atoms with Gasteiger partial charge in [0.05, 0.1) is 12.3 Å². The second kappa shape index (κ2) is 7.17. The number of pyridine rings is 1. The van der Waals surface area contributed by atoms with Gasteiger partial charge in [-0.25, -0.2) is 0 Å². The van der Waals surface area contributed by atoms with E-state index < -0.39 is 0 Å². The Morgan fingerprint density at radius 3 is 2.30 bits per heavy atom. The van der Waals surface area contributed by atoms with Crippen LogP contribution in [0.1, 0.15) is 29.4 Å². The largest absolute Gasteiger partial charge is 0.392 e. The van der Waals surface area contributed by atoms with E-state index in [0.717, 1.165) is 36.6 Å². The topological polar surface area (TPSA) is 36.4 Å². The highest BCUT2D eigenvalue weighted by Gasteiger charge is 2.06. The molecule has 0 saturated carbocycles. The summed E-state index contributed by atoms with van der Waals surface area (Å²) >= 11 is 0. The van der Waals surface area contributed by atoms with Crippen molar-refractivity contribution in [2.45, 2.75) is 33.5 Å². The smallest absolute Gasteiger partial charge is 0.0681 e. The van der Waals surface area contributed by atoms with Crippen molar-refractivity contribution in [3.8, 4) is 0 Å². The standard InChI is InChI=1S/C17H22N2O/c1-3-19(12-17-6-4-5-14(2)18-17)11-15-7-9-16(13-20)10-8-15/h4-10,20H,3,11-13H2,1-2H3. The number of aryl methyl sites for hydroxylation is 1. The van der Waals surface area contributed by atoms with Crippen molar-refractivity contribution >= 4 is 0 Å². The van der Waals surface area contributed by atoms with Gasteiger partial charge in [0.2, 0.25) is 0 Å². The maximum atomic E-state index is 9.06. The summed E-state index contributed by atoms with van der Waals surface area (Å²) < 4.78 is 0. The van der Waals surface area contributed by atoms with Crippen LogP contribution in [0.4, 0.5) is 0 Å². The van der Waals surface area contributed by atoms with Crippen molar-refractivity contribution in [2.24, 2.45) is 0 Å². The van der Waals surface area contributed by atoms with Crippen LogP contribution in [0.15, 0.2) is 42.5 Å². The Morgan fingerprint density at radius 2 is 1.70 bits per heavy atom. The minimum absolute atomic E-state index is 0.102. The fourth-order valence-electron chi connectivity index (χ4n) is 2.20. The molecule has 106 valence electrons. The average Bonchev–Trinajstić information content (AvgIpc) is 2.47. The number of hydrogen-bond acceptors (Lipinski definition) is 3. The van der Waals surface area contributed by atoms with Gasteiger partial charge in [0, 0.05) is 18.8 Å². The van der Waals surface area contributed by atoms with Crippen molar-refractivity contribution in [2.75, 3.05) is 6.54 Å².